The number of hydrogen-bond acceptors (Lipinski definition) is 1. The SMILES string of the molecule is FC(F)(F)C(F)(F)c1nc2c(Br)cccc2[nH]1. The summed E-state index contributed by atoms with van der Waals surface area (Å²) in [7, 11) is 0. The number of nitrogens with zero attached hydrogens (tertiary/aromatic N) is 1. The van der Waals surface area contributed by atoms with Crippen LogP contribution in [0.15, 0.2) is 22.7 Å². The quantitative estimate of drug-likeness (QED) is 0.792. The van der Waals surface area contributed by atoms with E-state index < -0.39 is 17.9 Å². The second-order valence-electron chi connectivity index (χ2n) is 3.29. The van der Waals surface area contributed by atoms with Crippen LogP contribution in [-0.4, -0.2) is 16.1 Å². The monoisotopic (exact) mass is 314 g/mol. The van der Waals surface area contributed by atoms with Crippen LogP contribution in [0.25, 0.3) is 11.0 Å². The van der Waals surface area contributed by atoms with Gasteiger partial charge in [-0.25, -0.2) is 4.98 Å². The summed E-state index contributed by atoms with van der Waals surface area (Å²) in [6, 6.07) is 4.36. The van der Waals surface area contributed by atoms with E-state index in [1.165, 1.54) is 18.2 Å². The van der Waals surface area contributed by atoms with E-state index in [4.69, 9.17) is 0 Å². The zero-order valence-electron chi connectivity index (χ0n) is 7.95. The van der Waals surface area contributed by atoms with Crippen molar-refractivity contribution in [1.29, 1.82) is 0 Å². The lowest BCUT2D eigenvalue weighted by Gasteiger charge is -2.16. The Balaban J connectivity index is 2.62. The normalized spacial score (nSPS) is 13.3. The smallest absolute Gasteiger partial charge is 0.337 e. The van der Waals surface area contributed by atoms with Crippen LogP contribution in [0.2, 0.25) is 0 Å². The Morgan fingerprint density at radius 2 is 1.76 bits per heavy atom. The minimum Gasteiger partial charge on any atom is -0.337 e. The Hall–Kier alpha value is -1.18. The zero-order chi connectivity index (χ0) is 12.8. The van der Waals surface area contributed by atoms with Gasteiger partial charge >= 0.3 is 12.1 Å². The largest absolute Gasteiger partial charge is 0.461 e. The van der Waals surface area contributed by atoms with Crippen LogP contribution >= 0.6 is 15.9 Å². The van der Waals surface area contributed by atoms with Crippen LogP contribution in [0.3, 0.4) is 0 Å². The number of rotatable bonds is 1. The van der Waals surface area contributed by atoms with Gasteiger partial charge in [0.1, 0.15) is 5.52 Å². The standard InChI is InChI=1S/C9H4BrF5N2/c10-4-2-1-3-5-6(4)17-7(16-5)8(11,12)9(13,14)15/h1-3H,(H,16,17). The number of alkyl halides is 5. The molecule has 0 unspecified atom stereocenters. The molecule has 1 N–H and O–H groups in total. The Labute approximate surface area is 100.0 Å². The molecule has 0 atom stereocenters. The molecule has 1 aromatic heterocycles. The molecule has 1 aromatic carbocycles. The van der Waals surface area contributed by atoms with Gasteiger partial charge in [0.2, 0.25) is 0 Å². The minimum atomic E-state index is -5.67. The maximum Gasteiger partial charge on any atom is 0.461 e. The first-order valence-corrected chi connectivity index (χ1v) is 5.12. The molecule has 0 saturated heterocycles. The molecule has 0 spiro atoms. The minimum absolute atomic E-state index is 0.0337. The predicted molar refractivity (Wildman–Crippen MR) is 53.7 cm³/mol. The summed E-state index contributed by atoms with van der Waals surface area (Å²) in [6.07, 6.45) is -5.67. The maximum absolute atomic E-state index is 13.0. The zero-order valence-corrected chi connectivity index (χ0v) is 9.53. The Bertz CT molecular complexity index is 560. The molecule has 2 rings (SSSR count). The molecule has 0 aliphatic heterocycles. The topological polar surface area (TPSA) is 28.7 Å². The van der Waals surface area contributed by atoms with Gasteiger partial charge in [-0.1, -0.05) is 6.07 Å². The molecule has 2 nitrogen and oxygen atoms in total. The van der Waals surface area contributed by atoms with Gasteiger partial charge in [-0.15, -0.1) is 0 Å². The summed E-state index contributed by atoms with van der Waals surface area (Å²) in [5.41, 5.74) is 0.143. The number of H-pyrrole nitrogens is 1. The van der Waals surface area contributed by atoms with Crippen molar-refractivity contribution in [3.8, 4) is 0 Å². The maximum atomic E-state index is 13.0. The molecule has 0 aliphatic rings. The highest BCUT2D eigenvalue weighted by molar-refractivity contribution is 9.10. The van der Waals surface area contributed by atoms with Crippen LogP contribution in [-0.2, 0) is 5.92 Å². The Morgan fingerprint density at radius 1 is 1.12 bits per heavy atom. The van der Waals surface area contributed by atoms with Crippen molar-refractivity contribution in [2.24, 2.45) is 0 Å². The van der Waals surface area contributed by atoms with Crippen LogP contribution < -0.4 is 0 Å². The van der Waals surface area contributed by atoms with Crippen molar-refractivity contribution >= 4 is 27.0 Å². The van der Waals surface area contributed by atoms with E-state index in [9.17, 15) is 22.0 Å². The Morgan fingerprint density at radius 3 is 2.29 bits per heavy atom. The number of halogens is 6. The van der Waals surface area contributed by atoms with Gasteiger partial charge in [0.15, 0.2) is 5.82 Å². The number of aromatic amines is 1. The summed E-state index contributed by atoms with van der Waals surface area (Å²) in [5, 5.41) is 0. The molecular weight excluding hydrogens is 311 g/mol. The van der Waals surface area contributed by atoms with E-state index in [2.05, 4.69) is 20.9 Å². The summed E-state index contributed by atoms with van der Waals surface area (Å²) in [6.45, 7) is 0. The fourth-order valence-corrected chi connectivity index (χ4v) is 1.73. The van der Waals surface area contributed by atoms with Gasteiger partial charge in [-0.3, -0.25) is 0 Å². The first kappa shape index (κ1) is 12.3. The molecule has 1 heterocycles. The molecule has 0 amide bonds. The van der Waals surface area contributed by atoms with Crippen LogP contribution in [0.5, 0.6) is 0 Å². The second kappa shape index (κ2) is 3.66. The van der Waals surface area contributed by atoms with E-state index in [1.807, 2.05) is 4.98 Å². The number of para-hydroxylation sites is 1. The molecule has 0 saturated carbocycles. The Kier molecular flexibility index (Phi) is 2.64. The molecule has 92 valence electrons. The first-order chi connectivity index (χ1) is 7.73. The third-order valence-electron chi connectivity index (χ3n) is 2.12. The second-order valence-corrected chi connectivity index (χ2v) is 4.15. The van der Waals surface area contributed by atoms with Crippen molar-refractivity contribution < 1.29 is 22.0 Å². The highest BCUT2D eigenvalue weighted by Gasteiger charge is 2.61. The van der Waals surface area contributed by atoms with E-state index in [1.54, 1.807) is 0 Å². The lowest BCUT2D eigenvalue weighted by atomic mass is 10.3. The lowest BCUT2D eigenvalue weighted by molar-refractivity contribution is -0.292. The number of hydrogen-bond donors (Lipinski definition) is 1. The third-order valence-corrected chi connectivity index (χ3v) is 2.76. The first-order valence-electron chi connectivity index (χ1n) is 4.33. The molecule has 8 heteroatoms. The molecule has 0 aliphatic carbocycles. The lowest BCUT2D eigenvalue weighted by Crippen LogP contribution is -2.34. The van der Waals surface area contributed by atoms with E-state index >= 15 is 0 Å². The predicted octanol–water partition coefficient (Wildman–Crippen LogP) is 3.98. The van der Waals surface area contributed by atoms with Gasteiger partial charge in [0.05, 0.1) is 5.52 Å². The molecule has 0 radical (unpaired) electrons. The van der Waals surface area contributed by atoms with E-state index in [0.717, 1.165) is 0 Å². The van der Waals surface area contributed by atoms with E-state index in [0.29, 0.717) is 4.47 Å². The summed E-state index contributed by atoms with van der Waals surface area (Å²) in [4.78, 5) is 5.25. The molecular formula is C9H4BrF5N2. The fraction of sp³-hybridized carbons (Fsp3) is 0.222. The van der Waals surface area contributed by atoms with Crippen LogP contribution in [0.1, 0.15) is 5.82 Å². The van der Waals surface area contributed by atoms with Crippen LogP contribution in [0.4, 0.5) is 22.0 Å². The van der Waals surface area contributed by atoms with E-state index in [-0.39, 0.29) is 11.0 Å². The van der Waals surface area contributed by atoms with Gasteiger partial charge < -0.3 is 4.98 Å². The van der Waals surface area contributed by atoms with Crippen molar-refractivity contribution in [2.45, 2.75) is 12.1 Å². The van der Waals surface area contributed by atoms with Crippen molar-refractivity contribution in [3.63, 3.8) is 0 Å². The molecule has 0 fully saturated rings. The third kappa shape index (κ3) is 1.90. The van der Waals surface area contributed by atoms with Gasteiger partial charge in [0.25, 0.3) is 0 Å². The average Bonchev–Trinajstić information content (AvgIpc) is 2.61. The summed E-state index contributed by atoms with van der Waals surface area (Å²) >= 11 is 3.02. The van der Waals surface area contributed by atoms with Gasteiger partial charge in [0, 0.05) is 4.47 Å². The molecule has 0 bridgehead atoms. The number of benzene rings is 1. The van der Waals surface area contributed by atoms with Crippen molar-refractivity contribution in [3.05, 3.63) is 28.5 Å². The van der Waals surface area contributed by atoms with Gasteiger partial charge in [-0.05, 0) is 28.1 Å². The highest BCUT2D eigenvalue weighted by Crippen LogP contribution is 2.43. The average molecular weight is 315 g/mol. The van der Waals surface area contributed by atoms with Crippen molar-refractivity contribution in [2.75, 3.05) is 0 Å². The molecule has 2 aromatic rings. The van der Waals surface area contributed by atoms with Crippen molar-refractivity contribution in [1.82, 2.24) is 9.97 Å². The highest BCUT2D eigenvalue weighted by atomic mass is 79.9. The fourth-order valence-electron chi connectivity index (χ4n) is 1.28. The number of nitrogens with one attached hydrogen (secondary N) is 1. The van der Waals surface area contributed by atoms with Gasteiger partial charge in [-0.2, -0.15) is 22.0 Å². The molecule has 17 heavy (non-hydrogen) atoms. The van der Waals surface area contributed by atoms with Crippen LogP contribution in [0, 0.1) is 0 Å². The number of fused-ring (bicyclic) bond motifs is 1. The summed E-state index contributed by atoms with van der Waals surface area (Å²) < 4.78 is 62.7. The summed E-state index contributed by atoms with van der Waals surface area (Å²) in [5.74, 6) is -6.40. The number of imidazole rings is 1. The number of aromatic nitrogens is 2.